The SMILES string of the molecule is O=C(O)COc1cccc(-c2noc(C3CCCCC3)n2)c1. The quantitative estimate of drug-likeness (QED) is 0.912. The maximum absolute atomic E-state index is 10.5. The maximum Gasteiger partial charge on any atom is 0.341 e. The molecule has 1 aliphatic carbocycles. The normalized spacial score (nSPS) is 15.6. The fourth-order valence-corrected chi connectivity index (χ4v) is 2.74. The Morgan fingerprint density at radius 2 is 2.14 bits per heavy atom. The van der Waals surface area contributed by atoms with Gasteiger partial charge in [-0.2, -0.15) is 4.98 Å². The van der Waals surface area contributed by atoms with Gasteiger partial charge in [0.25, 0.3) is 0 Å². The second-order valence-corrected chi connectivity index (χ2v) is 5.50. The highest BCUT2D eigenvalue weighted by atomic mass is 16.5. The van der Waals surface area contributed by atoms with Gasteiger partial charge < -0.3 is 14.4 Å². The van der Waals surface area contributed by atoms with Crippen LogP contribution in [0.3, 0.4) is 0 Å². The molecule has 1 saturated carbocycles. The van der Waals surface area contributed by atoms with Gasteiger partial charge >= 0.3 is 5.97 Å². The molecule has 0 aliphatic heterocycles. The Kier molecular flexibility index (Phi) is 4.37. The van der Waals surface area contributed by atoms with Crippen LogP contribution in [0.5, 0.6) is 5.75 Å². The summed E-state index contributed by atoms with van der Waals surface area (Å²) in [5.74, 6) is 1.04. The molecular formula is C16H18N2O4. The predicted octanol–water partition coefficient (Wildman–Crippen LogP) is 3.25. The summed E-state index contributed by atoms with van der Waals surface area (Å²) < 4.78 is 10.6. The fourth-order valence-electron chi connectivity index (χ4n) is 2.74. The minimum absolute atomic E-state index is 0.362. The van der Waals surface area contributed by atoms with Crippen LogP contribution >= 0.6 is 0 Å². The van der Waals surface area contributed by atoms with E-state index in [-0.39, 0.29) is 6.61 Å². The number of aromatic nitrogens is 2. The van der Waals surface area contributed by atoms with Crippen LogP contribution in [0.2, 0.25) is 0 Å². The molecule has 1 aromatic carbocycles. The standard InChI is InChI=1S/C16H18N2O4/c19-14(20)10-21-13-8-4-7-12(9-13)15-17-16(22-18-15)11-5-2-1-3-6-11/h4,7-9,11H,1-3,5-6,10H2,(H,19,20). The van der Waals surface area contributed by atoms with Gasteiger partial charge in [-0.25, -0.2) is 4.79 Å². The molecule has 22 heavy (non-hydrogen) atoms. The minimum atomic E-state index is -1.01. The van der Waals surface area contributed by atoms with Crippen LogP contribution in [-0.2, 0) is 4.79 Å². The first-order valence-corrected chi connectivity index (χ1v) is 7.51. The lowest BCUT2D eigenvalue weighted by atomic mass is 9.89. The number of rotatable bonds is 5. The Labute approximate surface area is 128 Å². The van der Waals surface area contributed by atoms with E-state index >= 15 is 0 Å². The molecule has 1 aliphatic rings. The Hall–Kier alpha value is -2.37. The molecule has 1 N–H and O–H groups in total. The van der Waals surface area contributed by atoms with Crippen molar-refractivity contribution >= 4 is 5.97 Å². The first-order chi connectivity index (χ1) is 10.7. The Morgan fingerprint density at radius 3 is 2.91 bits per heavy atom. The molecule has 1 aromatic heterocycles. The molecule has 2 aromatic rings. The summed E-state index contributed by atoms with van der Waals surface area (Å²) in [6.45, 7) is -0.372. The van der Waals surface area contributed by atoms with Crippen LogP contribution in [0, 0.1) is 0 Å². The van der Waals surface area contributed by atoms with Crippen molar-refractivity contribution < 1.29 is 19.2 Å². The second-order valence-electron chi connectivity index (χ2n) is 5.50. The Balaban J connectivity index is 1.75. The summed E-state index contributed by atoms with van der Waals surface area (Å²) in [5, 5.41) is 12.7. The lowest BCUT2D eigenvalue weighted by molar-refractivity contribution is -0.139. The van der Waals surface area contributed by atoms with Gasteiger partial charge in [-0.3, -0.25) is 0 Å². The van der Waals surface area contributed by atoms with Gasteiger partial charge in [-0.05, 0) is 25.0 Å². The smallest absolute Gasteiger partial charge is 0.341 e. The monoisotopic (exact) mass is 302 g/mol. The Bertz CT molecular complexity index is 647. The van der Waals surface area contributed by atoms with Crippen molar-refractivity contribution in [3.05, 3.63) is 30.2 Å². The number of nitrogens with zero attached hydrogens (tertiary/aromatic N) is 2. The van der Waals surface area contributed by atoms with Crippen molar-refractivity contribution in [2.45, 2.75) is 38.0 Å². The molecule has 6 heteroatoms. The molecule has 0 atom stereocenters. The van der Waals surface area contributed by atoms with Crippen molar-refractivity contribution in [3.8, 4) is 17.1 Å². The largest absolute Gasteiger partial charge is 0.482 e. The van der Waals surface area contributed by atoms with Crippen molar-refractivity contribution in [2.24, 2.45) is 0 Å². The molecule has 116 valence electrons. The van der Waals surface area contributed by atoms with Crippen molar-refractivity contribution in [3.63, 3.8) is 0 Å². The van der Waals surface area contributed by atoms with Gasteiger partial charge in [0.15, 0.2) is 6.61 Å². The number of carboxylic acids is 1. The summed E-state index contributed by atoms with van der Waals surface area (Å²) >= 11 is 0. The number of carboxylic acid groups (broad SMARTS) is 1. The first kappa shape index (κ1) is 14.6. The van der Waals surface area contributed by atoms with Gasteiger partial charge in [0.2, 0.25) is 11.7 Å². The highest BCUT2D eigenvalue weighted by Crippen LogP contribution is 2.32. The topological polar surface area (TPSA) is 85.5 Å². The summed E-state index contributed by atoms with van der Waals surface area (Å²) in [5.41, 5.74) is 0.758. The van der Waals surface area contributed by atoms with Crippen molar-refractivity contribution in [2.75, 3.05) is 6.61 Å². The molecule has 0 unspecified atom stereocenters. The van der Waals surface area contributed by atoms with E-state index in [0.29, 0.717) is 23.4 Å². The van der Waals surface area contributed by atoms with Crippen LogP contribution in [0.1, 0.15) is 43.9 Å². The number of ether oxygens (including phenoxy) is 1. The van der Waals surface area contributed by atoms with Crippen LogP contribution in [0.15, 0.2) is 28.8 Å². The van der Waals surface area contributed by atoms with Crippen LogP contribution in [0.4, 0.5) is 0 Å². The van der Waals surface area contributed by atoms with E-state index < -0.39 is 5.97 Å². The maximum atomic E-state index is 10.5. The number of carbonyl (C=O) groups is 1. The molecule has 3 rings (SSSR count). The van der Waals surface area contributed by atoms with E-state index in [2.05, 4.69) is 10.1 Å². The molecule has 0 spiro atoms. The van der Waals surface area contributed by atoms with E-state index in [0.717, 1.165) is 18.4 Å². The average molecular weight is 302 g/mol. The van der Waals surface area contributed by atoms with Crippen LogP contribution in [0.25, 0.3) is 11.4 Å². The zero-order chi connectivity index (χ0) is 15.4. The molecular weight excluding hydrogens is 284 g/mol. The molecule has 6 nitrogen and oxygen atoms in total. The minimum Gasteiger partial charge on any atom is -0.482 e. The average Bonchev–Trinajstić information content (AvgIpc) is 3.04. The first-order valence-electron chi connectivity index (χ1n) is 7.51. The lowest BCUT2D eigenvalue weighted by Crippen LogP contribution is -2.09. The molecule has 1 heterocycles. The van der Waals surface area contributed by atoms with Crippen molar-refractivity contribution in [1.29, 1.82) is 0 Å². The Morgan fingerprint density at radius 1 is 1.32 bits per heavy atom. The fraction of sp³-hybridized carbons (Fsp3) is 0.438. The van der Waals surface area contributed by atoms with Gasteiger partial charge in [-0.1, -0.05) is 36.6 Å². The number of hydrogen-bond acceptors (Lipinski definition) is 5. The number of hydrogen-bond donors (Lipinski definition) is 1. The van der Waals surface area contributed by atoms with E-state index in [4.69, 9.17) is 14.4 Å². The second kappa shape index (κ2) is 6.60. The highest BCUT2D eigenvalue weighted by molar-refractivity contribution is 5.68. The third-order valence-corrected chi connectivity index (χ3v) is 3.85. The third-order valence-electron chi connectivity index (χ3n) is 3.85. The summed E-state index contributed by atoms with van der Waals surface area (Å²) in [6, 6.07) is 7.05. The number of aliphatic carboxylic acids is 1. The summed E-state index contributed by atoms with van der Waals surface area (Å²) in [6.07, 6.45) is 5.90. The van der Waals surface area contributed by atoms with Gasteiger partial charge in [-0.15, -0.1) is 0 Å². The molecule has 0 radical (unpaired) electrons. The van der Waals surface area contributed by atoms with Crippen molar-refractivity contribution in [1.82, 2.24) is 10.1 Å². The van der Waals surface area contributed by atoms with Crippen LogP contribution < -0.4 is 4.74 Å². The third kappa shape index (κ3) is 3.44. The van der Waals surface area contributed by atoms with E-state index in [1.165, 1.54) is 19.3 Å². The van der Waals surface area contributed by atoms with E-state index in [9.17, 15) is 4.79 Å². The van der Waals surface area contributed by atoms with Gasteiger partial charge in [0, 0.05) is 11.5 Å². The predicted molar refractivity (Wildman–Crippen MR) is 78.7 cm³/mol. The van der Waals surface area contributed by atoms with E-state index in [1.807, 2.05) is 6.07 Å². The molecule has 0 saturated heterocycles. The van der Waals surface area contributed by atoms with E-state index in [1.54, 1.807) is 18.2 Å². The zero-order valence-corrected chi connectivity index (χ0v) is 12.2. The van der Waals surface area contributed by atoms with Gasteiger partial charge in [0.05, 0.1) is 0 Å². The molecule has 1 fully saturated rings. The molecule has 0 bridgehead atoms. The summed E-state index contributed by atoms with van der Waals surface area (Å²) in [4.78, 5) is 15.0. The zero-order valence-electron chi connectivity index (χ0n) is 12.2. The molecule has 0 amide bonds. The summed E-state index contributed by atoms with van der Waals surface area (Å²) in [7, 11) is 0. The van der Waals surface area contributed by atoms with Gasteiger partial charge in [0.1, 0.15) is 5.75 Å². The highest BCUT2D eigenvalue weighted by Gasteiger charge is 2.21. The lowest BCUT2D eigenvalue weighted by Gasteiger charge is -2.17. The van der Waals surface area contributed by atoms with Crippen LogP contribution in [-0.4, -0.2) is 27.8 Å². The number of benzene rings is 1.